The third-order valence-electron chi connectivity index (χ3n) is 15.2. The first-order valence-corrected chi connectivity index (χ1v) is 26.4. The van der Waals surface area contributed by atoms with Crippen molar-refractivity contribution in [1.82, 2.24) is 13.7 Å². The van der Waals surface area contributed by atoms with Crippen molar-refractivity contribution in [2.24, 2.45) is 0 Å². The van der Waals surface area contributed by atoms with Gasteiger partial charge < -0.3 is 18.4 Å². The number of fused-ring (bicyclic) bond motifs is 11. The van der Waals surface area contributed by atoms with Gasteiger partial charge in [0.15, 0.2) is 8.07 Å². The van der Waals surface area contributed by atoms with Crippen LogP contribution in [0.4, 0.5) is 0 Å². The molecule has 15 rings (SSSR count). The number of rotatable bonds is 6. The third kappa shape index (κ3) is 5.78. The fourth-order valence-electron chi connectivity index (χ4n) is 12.2. The Morgan fingerprint density at radius 3 is 1.27 bits per heavy atom. The first kappa shape index (κ1) is 39.8. The van der Waals surface area contributed by atoms with Crippen molar-refractivity contribution in [3.8, 4) is 39.7 Å². The van der Waals surface area contributed by atoms with Gasteiger partial charge in [0.05, 0.1) is 33.1 Å². The van der Waals surface area contributed by atoms with Gasteiger partial charge in [-0.3, -0.25) is 0 Å². The summed E-state index contributed by atoms with van der Waals surface area (Å²) in [4.78, 5) is 0. The van der Waals surface area contributed by atoms with Crippen molar-refractivity contribution in [3.05, 3.63) is 261 Å². The standard InChI is InChI=1S/C66H43N3OSi/c1-3-18-44(19-4-1)45-20-17-21-46(40-45)67-60-38-34-47(68-57-27-10-7-24-51(57)52-25-8-11-28-58(52)68)41-55(60)56-42-48(35-39-61(56)67)69-59-29-12-9-26-53(59)54-37-36-50(43-62(54)69)71(49-22-5-2-6-23-49)65-32-15-13-30-63(65)70-64-31-14-16-33-66(64)71/h1-43H. The van der Waals surface area contributed by atoms with Gasteiger partial charge in [-0.1, -0.05) is 176 Å². The Balaban J connectivity index is 1.01. The molecule has 4 heterocycles. The molecule has 0 spiro atoms. The van der Waals surface area contributed by atoms with E-state index < -0.39 is 8.07 Å². The molecule has 3 aromatic heterocycles. The van der Waals surface area contributed by atoms with Crippen LogP contribution in [0, 0.1) is 0 Å². The van der Waals surface area contributed by atoms with E-state index in [4.69, 9.17) is 4.74 Å². The molecular weight excluding hydrogens is 879 g/mol. The molecule has 0 aliphatic carbocycles. The molecule has 5 heteroatoms. The molecule has 0 atom stereocenters. The molecule has 0 radical (unpaired) electrons. The molecular formula is C66H43N3OSi. The van der Waals surface area contributed by atoms with Crippen LogP contribution in [0.1, 0.15) is 0 Å². The van der Waals surface area contributed by atoms with E-state index in [2.05, 4.69) is 275 Å². The van der Waals surface area contributed by atoms with Gasteiger partial charge in [-0.2, -0.15) is 0 Å². The highest BCUT2D eigenvalue weighted by Crippen LogP contribution is 2.40. The van der Waals surface area contributed by atoms with E-state index in [0.717, 1.165) is 39.6 Å². The molecule has 0 bridgehead atoms. The summed E-state index contributed by atoms with van der Waals surface area (Å²) in [5.74, 6) is 1.86. The van der Waals surface area contributed by atoms with Gasteiger partial charge in [-0.25, -0.2) is 0 Å². The molecule has 11 aromatic carbocycles. The van der Waals surface area contributed by atoms with E-state index in [1.807, 2.05) is 0 Å². The number of benzene rings is 11. The third-order valence-corrected chi connectivity index (χ3v) is 20.0. The Hall–Kier alpha value is -9.16. The normalized spacial score (nSPS) is 13.0. The van der Waals surface area contributed by atoms with Gasteiger partial charge in [-0.05, 0) is 117 Å². The van der Waals surface area contributed by atoms with Gasteiger partial charge in [0.2, 0.25) is 0 Å². The largest absolute Gasteiger partial charge is 0.458 e. The zero-order chi connectivity index (χ0) is 46.6. The van der Waals surface area contributed by atoms with Crippen LogP contribution in [-0.2, 0) is 0 Å². The summed E-state index contributed by atoms with van der Waals surface area (Å²) in [6, 6.07) is 96.2. The van der Waals surface area contributed by atoms with E-state index in [9.17, 15) is 0 Å². The molecule has 14 aromatic rings. The van der Waals surface area contributed by atoms with Crippen molar-refractivity contribution in [2.75, 3.05) is 0 Å². The summed E-state index contributed by atoms with van der Waals surface area (Å²) in [5, 5.41) is 12.5. The van der Waals surface area contributed by atoms with Gasteiger partial charge in [0, 0.05) is 49.4 Å². The number of aromatic nitrogens is 3. The zero-order valence-corrected chi connectivity index (χ0v) is 39.6. The average molecular weight is 922 g/mol. The maximum absolute atomic E-state index is 6.74. The smallest absolute Gasteiger partial charge is 0.188 e. The van der Waals surface area contributed by atoms with E-state index in [1.165, 1.54) is 86.3 Å². The van der Waals surface area contributed by atoms with E-state index >= 15 is 0 Å². The lowest BCUT2D eigenvalue weighted by atomic mass is 10.1. The van der Waals surface area contributed by atoms with Crippen LogP contribution in [0.3, 0.4) is 0 Å². The molecule has 0 N–H and O–H groups in total. The summed E-state index contributed by atoms with van der Waals surface area (Å²) < 4.78 is 14.1. The molecule has 0 amide bonds. The van der Waals surface area contributed by atoms with Crippen LogP contribution in [0.2, 0.25) is 0 Å². The van der Waals surface area contributed by atoms with Crippen LogP contribution in [0.5, 0.6) is 11.5 Å². The number of hydrogen-bond acceptors (Lipinski definition) is 1. The second kappa shape index (κ2) is 15.4. The van der Waals surface area contributed by atoms with Crippen LogP contribution in [-0.4, -0.2) is 21.8 Å². The summed E-state index contributed by atoms with van der Waals surface area (Å²) in [6.07, 6.45) is 0. The number of hydrogen-bond donors (Lipinski definition) is 0. The Morgan fingerprint density at radius 1 is 0.254 bits per heavy atom. The number of ether oxygens (including phenoxy) is 1. The summed E-state index contributed by atoms with van der Waals surface area (Å²) in [5.41, 5.74) is 12.8. The Bertz CT molecular complexity index is 4350. The first-order chi connectivity index (χ1) is 35.2. The van der Waals surface area contributed by atoms with E-state index in [-0.39, 0.29) is 0 Å². The van der Waals surface area contributed by atoms with Crippen LogP contribution in [0.15, 0.2) is 261 Å². The minimum atomic E-state index is -2.93. The lowest BCUT2D eigenvalue weighted by molar-refractivity contribution is 0.487. The van der Waals surface area contributed by atoms with Crippen molar-refractivity contribution >= 4 is 94.2 Å². The SMILES string of the molecule is c1ccc(-c2cccc(-n3c4ccc(-n5c6ccccc6c6ccccc65)cc4c4cc(-n5c6ccccc6c6ccc([Si]7(c8ccccc8)c8ccccc8Oc8ccccc87)cc65)ccc43)c2)cc1. The fraction of sp³-hybridized carbons (Fsp3) is 0. The molecule has 0 unspecified atom stereocenters. The van der Waals surface area contributed by atoms with Crippen molar-refractivity contribution in [3.63, 3.8) is 0 Å². The summed E-state index contributed by atoms with van der Waals surface area (Å²) in [6.45, 7) is 0. The second-order valence-corrected chi connectivity index (χ2v) is 22.6. The Morgan fingerprint density at radius 2 is 0.690 bits per heavy atom. The van der Waals surface area contributed by atoms with Gasteiger partial charge >= 0.3 is 0 Å². The van der Waals surface area contributed by atoms with Crippen molar-refractivity contribution in [1.29, 1.82) is 0 Å². The van der Waals surface area contributed by atoms with Crippen LogP contribution >= 0.6 is 0 Å². The van der Waals surface area contributed by atoms with Gasteiger partial charge in [-0.15, -0.1) is 0 Å². The first-order valence-electron chi connectivity index (χ1n) is 24.4. The fourth-order valence-corrected chi connectivity index (χ4v) is 17.1. The molecule has 0 saturated heterocycles. The minimum Gasteiger partial charge on any atom is -0.458 e. The van der Waals surface area contributed by atoms with Crippen LogP contribution < -0.4 is 25.5 Å². The number of para-hydroxylation sites is 5. The maximum Gasteiger partial charge on any atom is 0.188 e. The Labute approximate surface area is 411 Å². The quantitative estimate of drug-likeness (QED) is 0.153. The predicted molar refractivity (Wildman–Crippen MR) is 299 cm³/mol. The Kier molecular flexibility index (Phi) is 8.64. The minimum absolute atomic E-state index is 0.929. The highest BCUT2D eigenvalue weighted by Gasteiger charge is 2.48. The topological polar surface area (TPSA) is 24.0 Å². The highest BCUT2D eigenvalue weighted by molar-refractivity contribution is 7.20. The van der Waals surface area contributed by atoms with Crippen molar-refractivity contribution < 1.29 is 4.74 Å². The molecule has 0 saturated carbocycles. The molecule has 0 fully saturated rings. The van der Waals surface area contributed by atoms with E-state index in [1.54, 1.807) is 0 Å². The molecule has 1 aliphatic rings. The second-order valence-electron chi connectivity index (χ2n) is 18.8. The summed E-state index contributed by atoms with van der Waals surface area (Å²) >= 11 is 0. The maximum atomic E-state index is 6.74. The average Bonchev–Trinajstić information content (AvgIpc) is 4.08. The molecule has 332 valence electrons. The molecule has 4 nitrogen and oxygen atoms in total. The van der Waals surface area contributed by atoms with E-state index in [0.29, 0.717) is 0 Å². The molecule has 71 heavy (non-hydrogen) atoms. The van der Waals surface area contributed by atoms with Gasteiger partial charge in [0.25, 0.3) is 0 Å². The predicted octanol–water partition coefficient (Wildman–Crippen LogP) is 14.1. The zero-order valence-electron chi connectivity index (χ0n) is 38.6. The van der Waals surface area contributed by atoms with Gasteiger partial charge in [0.1, 0.15) is 11.5 Å². The monoisotopic (exact) mass is 921 g/mol. The van der Waals surface area contributed by atoms with Crippen LogP contribution in [0.25, 0.3) is 93.6 Å². The molecule has 1 aliphatic heterocycles. The summed E-state index contributed by atoms with van der Waals surface area (Å²) in [7, 11) is -2.93. The number of nitrogens with zero attached hydrogens (tertiary/aromatic N) is 3. The lowest BCUT2D eigenvalue weighted by Crippen LogP contribution is -2.76. The highest BCUT2D eigenvalue weighted by atomic mass is 28.3. The van der Waals surface area contributed by atoms with Crippen molar-refractivity contribution in [2.45, 2.75) is 0 Å². The lowest BCUT2D eigenvalue weighted by Gasteiger charge is -2.39.